The summed E-state index contributed by atoms with van der Waals surface area (Å²) in [6.07, 6.45) is 5.17. The fraction of sp³-hybridized carbons (Fsp3) is 0.308. The lowest BCUT2D eigenvalue weighted by Gasteiger charge is -2.05. The van der Waals surface area contributed by atoms with Gasteiger partial charge in [-0.3, -0.25) is 0 Å². The molecule has 0 amide bonds. The van der Waals surface area contributed by atoms with Crippen molar-refractivity contribution >= 4 is 11.6 Å². The first-order valence-electron chi connectivity index (χ1n) is 5.28. The van der Waals surface area contributed by atoms with E-state index in [1.165, 1.54) is 0 Å². The van der Waals surface area contributed by atoms with Crippen LogP contribution in [0.2, 0.25) is 5.02 Å². The van der Waals surface area contributed by atoms with Crippen molar-refractivity contribution in [2.45, 2.75) is 19.9 Å². The van der Waals surface area contributed by atoms with E-state index in [-0.39, 0.29) is 0 Å². The molecule has 0 fully saturated rings. The summed E-state index contributed by atoms with van der Waals surface area (Å²) in [5.74, 6) is 0. The number of nitrogens with one attached hydrogen (secondary N) is 1. The van der Waals surface area contributed by atoms with Crippen LogP contribution < -0.4 is 5.32 Å². The summed E-state index contributed by atoms with van der Waals surface area (Å²) in [6.45, 7) is 3.68. The van der Waals surface area contributed by atoms with Crippen LogP contribution in [0.5, 0.6) is 0 Å². The Kier molecular flexibility index (Phi) is 5.63. The predicted octanol–water partition coefficient (Wildman–Crippen LogP) is 3.27. The summed E-state index contributed by atoms with van der Waals surface area (Å²) in [4.78, 5) is 0. The van der Waals surface area contributed by atoms with E-state index in [0.717, 1.165) is 25.1 Å². The molecule has 0 bridgehead atoms. The highest BCUT2D eigenvalue weighted by atomic mass is 35.5. The second-order valence-corrected chi connectivity index (χ2v) is 3.86. The van der Waals surface area contributed by atoms with Gasteiger partial charge in [-0.1, -0.05) is 29.8 Å². The predicted molar refractivity (Wildman–Crippen MR) is 67.3 cm³/mol. The van der Waals surface area contributed by atoms with Crippen molar-refractivity contribution in [2.75, 3.05) is 6.54 Å². The Morgan fingerprint density at radius 3 is 2.94 bits per heavy atom. The van der Waals surface area contributed by atoms with Gasteiger partial charge in [-0.2, -0.15) is 5.26 Å². The van der Waals surface area contributed by atoms with E-state index in [4.69, 9.17) is 16.9 Å². The van der Waals surface area contributed by atoms with Gasteiger partial charge < -0.3 is 5.32 Å². The van der Waals surface area contributed by atoms with E-state index in [0.29, 0.717) is 10.6 Å². The molecule has 0 unspecified atom stereocenters. The highest BCUT2D eigenvalue weighted by Crippen LogP contribution is 2.17. The van der Waals surface area contributed by atoms with Gasteiger partial charge in [0.15, 0.2) is 0 Å². The molecule has 0 aliphatic rings. The molecule has 0 radical (unpaired) electrons. The molecule has 1 rings (SSSR count). The molecule has 0 heterocycles. The van der Waals surface area contributed by atoms with Crippen LogP contribution in [0.3, 0.4) is 0 Å². The molecule has 0 aromatic heterocycles. The molecule has 1 aromatic carbocycles. The summed E-state index contributed by atoms with van der Waals surface area (Å²) < 4.78 is 0. The maximum Gasteiger partial charge on any atom is 0.0992 e. The fourth-order valence-corrected chi connectivity index (χ4v) is 1.58. The molecular weight excluding hydrogens is 220 g/mol. The first-order chi connectivity index (χ1) is 7.77. The van der Waals surface area contributed by atoms with Crippen molar-refractivity contribution in [3.63, 3.8) is 0 Å². The summed E-state index contributed by atoms with van der Waals surface area (Å²) >= 11 is 6.04. The standard InChI is InChI=1S/C13H15ClN2/c1-2-3-4-7-16-10-12-6-5-11(9-15)8-13(12)14/h2-3,5-6,8,16H,4,7,10H2,1H3/b3-2+. The smallest absolute Gasteiger partial charge is 0.0992 e. The molecule has 1 N–H and O–H groups in total. The number of nitriles is 1. The van der Waals surface area contributed by atoms with Gasteiger partial charge >= 0.3 is 0 Å². The quantitative estimate of drug-likeness (QED) is 0.627. The van der Waals surface area contributed by atoms with Gasteiger partial charge in [-0.15, -0.1) is 0 Å². The lowest BCUT2D eigenvalue weighted by atomic mass is 10.1. The third-order valence-electron chi connectivity index (χ3n) is 2.22. The van der Waals surface area contributed by atoms with Crippen molar-refractivity contribution in [1.29, 1.82) is 5.26 Å². The minimum absolute atomic E-state index is 0.600. The van der Waals surface area contributed by atoms with Crippen molar-refractivity contribution in [2.24, 2.45) is 0 Å². The second kappa shape index (κ2) is 7.05. The topological polar surface area (TPSA) is 35.8 Å². The largest absolute Gasteiger partial charge is 0.312 e. The maximum atomic E-state index is 8.69. The van der Waals surface area contributed by atoms with Crippen molar-refractivity contribution in [3.8, 4) is 6.07 Å². The van der Waals surface area contributed by atoms with Gasteiger partial charge in [0.2, 0.25) is 0 Å². The first kappa shape index (κ1) is 12.8. The van der Waals surface area contributed by atoms with Crippen LogP contribution in [0.15, 0.2) is 30.4 Å². The highest BCUT2D eigenvalue weighted by molar-refractivity contribution is 6.31. The Hall–Kier alpha value is -1.30. The fourth-order valence-electron chi connectivity index (χ4n) is 1.34. The van der Waals surface area contributed by atoms with E-state index >= 15 is 0 Å². The highest BCUT2D eigenvalue weighted by Gasteiger charge is 2.00. The molecule has 0 saturated heterocycles. The molecule has 1 aromatic rings. The third-order valence-corrected chi connectivity index (χ3v) is 2.57. The second-order valence-electron chi connectivity index (χ2n) is 3.45. The van der Waals surface area contributed by atoms with Crippen LogP contribution in [-0.2, 0) is 6.54 Å². The average molecular weight is 235 g/mol. The first-order valence-corrected chi connectivity index (χ1v) is 5.66. The van der Waals surface area contributed by atoms with Gasteiger partial charge in [-0.05, 0) is 37.6 Å². The minimum Gasteiger partial charge on any atom is -0.312 e. The Morgan fingerprint density at radius 2 is 2.31 bits per heavy atom. The van der Waals surface area contributed by atoms with E-state index in [2.05, 4.69) is 17.5 Å². The molecule has 3 heteroatoms. The lowest BCUT2D eigenvalue weighted by Crippen LogP contribution is -2.14. The zero-order valence-electron chi connectivity index (χ0n) is 9.33. The summed E-state index contributed by atoms with van der Waals surface area (Å²) in [5.41, 5.74) is 1.63. The summed E-state index contributed by atoms with van der Waals surface area (Å²) in [5, 5.41) is 12.6. The number of hydrogen-bond donors (Lipinski definition) is 1. The molecule has 0 saturated carbocycles. The molecular formula is C13H15ClN2. The van der Waals surface area contributed by atoms with Crippen molar-refractivity contribution < 1.29 is 0 Å². The molecule has 16 heavy (non-hydrogen) atoms. The third kappa shape index (κ3) is 4.06. The van der Waals surface area contributed by atoms with Crippen LogP contribution in [0.1, 0.15) is 24.5 Å². The Morgan fingerprint density at radius 1 is 1.50 bits per heavy atom. The maximum absolute atomic E-state index is 8.69. The number of hydrogen-bond acceptors (Lipinski definition) is 2. The number of allylic oxidation sites excluding steroid dienone is 1. The molecule has 84 valence electrons. The average Bonchev–Trinajstić information content (AvgIpc) is 2.30. The van der Waals surface area contributed by atoms with Gasteiger partial charge in [0.05, 0.1) is 11.6 Å². The molecule has 2 nitrogen and oxygen atoms in total. The van der Waals surface area contributed by atoms with Crippen LogP contribution in [0.4, 0.5) is 0 Å². The molecule has 0 spiro atoms. The van der Waals surface area contributed by atoms with Crippen LogP contribution in [-0.4, -0.2) is 6.54 Å². The number of benzene rings is 1. The Balaban J connectivity index is 2.46. The van der Waals surface area contributed by atoms with Gasteiger partial charge in [-0.25, -0.2) is 0 Å². The summed E-state index contributed by atoms with van der Waals surface area (Å²) in [7, 11) is 0. The lowest BCUT2D eigenvalue weighted by molar-refractivity contribution is 0.695. The SMILES string of the molecule is C/C=C/CCNCc1ccc(C#N)cc1Cl. The van der Waals surface area contributed by atoms with E-state index in [1.807, 2.05) is 19.1 Å². The monoisotopic (exact) mass is 234 g/mol. The van der Waals surface area contributed by atoms with E-state index < -0.39 is 0 Å². The minimum atomic E-state index is 0.600. The number of rotatable bonds is 5. The van der Waals surface area contributed by atoms with Crippen LogP contribution in [0.25, 0.3) is 0 Å². The zero-order chi connectivity index (χ0) is 11.8. The van der Waals surface area contributed by atoms with Gasteiger partial charge in [0, 0.05) is 11.6 Å². The zero-order valence-corrected chi connectivity index (χ0v) is 10.1. The Labute approximate surface area is 102 Å². The molecule has 0 aliphatic carbocycles. The van der Waals surface area contributed by atoms with Gasteiger partial charge in [0.1, 0.15) is 0 Å². The number of halogens is 1. The van der Waals surface area contributed by atoms with Crippen molar-refractivity contribution in [1.82, 2.24) is 5.32 Å². The van der Waals surface area contributed by atoms with Crippen molar-refractivity contribution in [3.05, 3.63) is 46.5 Å². The van der Waals surface area contributed by atoms with E-state index in [1.54, 1.807) is 12.1 Å². The normalized spacial score (nSPS) is 10.6. The summed E-state index contributed by atoms with van der Waals surface area (Å²) in [6, 6.07) is 7.44. The Bertz CT molecular complexity index is 405. The molecule has 0 aliphatic heterocycles. The van der Waals surface area contributed by atoms with E-state index in [9.17, 15) is 0 Å². The van der Waals surface area contributed by atoms with Crippen LogP contribution >= 0.6 is 11.6 Å². The van der Waals surface area contributed by atoms with Crippen LogP contribution in [0, 0.1) is 11.3 Å². The number of nitrogens with zero attached hydrogens (tertiary/aromatic N) is 1. The molecule has 0 atom stereocenters. The van der Waals surface area contributed by atoms with Gasteiger partial charge in [0.25, 0.3) is 0 Å².